The maximum Gasteiger partial charge on any atom is 0.0719 e. The fourth-order valence-electron chi connectivity index (χ4n) is 1.78. The number of hydrogen-bond donors (Lipinski definition) is 1. The highest BCUT2D eigenvalue weighted by Gasteiger charge is 2.29. The SMILES string of the molecule is CC1=CCC(O)(CCC(C)C)C1. The molecule has 0 aromatic rings. The quantitative estimate of drug-likeness (QED) is 0.642. The molecule has 0 bridgehead atoms. The zero-order chi connectivity index (χ0) is 9.19. The van der Waals surface area contributed by atoms with E-state index >= 15 is 0 Å². The molecule has 0 heterocycles. The molecule has 0 fully saturated rings. The number of aliphatic hydroxyl groups is 1. The van der Waals surface area contributed by atoms with Crippen LogP contribution >= 0.6 is 0 Å². The molecule has 0 amide bonds. The van der Waals surface area contributed by atoms with Gasteiger partial charge in [0, 0.05) is 0 Å². The van der Waals surface area contributed by atoms with Crippen molar-refractivity contribution < 1.29 is 5.11 Å². The van der Waals surface area contributed by atoms with E-state index in [1.807, 2.05) is 0 Å². The van der Waals surface area contributed by atoms with Gasteiger partial charge in [-0.1, -0.05) is 25.5 Å². The van der Waals surface area contributed by atoms with Crippen molar-refractivity contribution in [2.24, 2.45) is 5.92 Å². The Morgan fingerprint density at radius 3 is 2.67 bits per heavy atom. The Hall–Kier alpha value is -0.300. The van der Waals surface area contributed by atoms with Crippen molar-refractivity contribution in [2.45, 2.75) is 52.1 Å². The van der Waals surface area contributed by atoms with E-state index in [1.54, 1.807) is 0 Å². The molecule has 0 aliphatic heterocycles. The van der Waals surface area contributed by atoms with Gasteiger partial charge in [0.05, 0.1) is 5.60 Å². The van der Waals surface area contributed by atoms with Gasteiger partial charge < -0.3 is 5.11 Å². The van der Waals surface area contributed by atoms with Crippen LogP contribution in [-0.4, -0.2) is 10.7 Å². The second-order valence-electron chi connectivity index (χ2n) is 4.59. The average molecular weight is 168 g/mol. The van der Waals surface area contributed by atoms with Crippen molar-refractivity contribution >= 4 is 0 Å². The molecule has 1 aliphatic carbocycles. The summed E-state index contributed by atoms with van der Waals surface area (Å²) in [6.45, 7) is 6.52. The molecule has 1 N–H and O–H groups in total. The second kappa shape index (κ2) is 3.61. The van der Waals surface area contributed by atoms with Crippen LogP contribution in [0.25, 0.3) is 0 Å². The highest BCUT2D eigenvalue weighted by Crippen LogP contribution is 2.33. The molecule has 12 heavy (non-hydrogen) atoms. The van der Waals surface area contributed by atoms with E-state index in [4.69, 9.17) is 0 Å². The predicted octanol–water partition coefficient (Wildman–Crippen LogP) is 2.89. The third-order valence-corrected chi connectivity index (χ3v) is 2.63. The van der Waals surface area contributed by atoms with Crippen molar-refractivity contribution in [1.29, 1.82) is 0 Å². The molecule has 1 nitrogen and oxygen atoms in total. The van der Waals surface area contributed by atoms with Gasteiger partial charge in [0.15, 0.2) is 0 Å². The molecular formula is C11H20O. The van der Waals surface area contributed by atoms with Gasteiger partial charge >= 0.3 is 0 Å². The van der Waals surface area contributed by atoms with Crippen molar-refractivity contribution in [2.75, 3.05) is 0 Å². The third-order valence-electron chi connectivity index (χ3n) is 2.63. The van der Waals surface area contributed by atoms with Gasteiger partial charge in [0.25, 0.3) is 0 Å². The lowest BCUT2D eigenvalue weighted by Gasteiger charge is -2.23. The van der Waals surface area contributed by atoms with Crippen LogP contribution in [-0.2, 0) is 0 Å². The summed E-state index contributed by atoms with van der Waals surface area (Å²) >= 11 is 0. The first-order valence-corrected chi connectivity index (χ1v) is 4.90. The maximum atomic E-state index is 10.1. The Labute approximate surface area is 75.5 Å². The molecule has 1 rings (SSSR count). The maximum absolute atomic E-state index is 10.1. The van der Waals surface area contributed by atoms with Crippen LogP contribution in [0.15, 0.2) is 11.6 Å². The first kappa shape index (κ1) is 9.79. The van der Waals surface area contributed by atoms with Crippen molar-refractivity contribution in [3.05, 3.63) is 11.6 Å². The highest BCUT2D eigenvalue weighted by molar-refractivity contribution is 5.13. The molecule has 1 atom stereocenters. The van der Waals surface area contributed by atoms with Gasteiger partial charge in [-0.15, -0.1) is 0 Å². The van der Waals surface area contributed by atoms with Gasteiger partial charge in [-0.25, -0.2) is 0 Å². The van der Waals surface area contributed by atoms with Crippen molar-refractivity contribution in [1.82, 2.24) is 0 Å². The van der Waals surface area contributed by atoms with Gasteiger partial charge in [0.1, 0.15) is 0 Å². The average Bonchev–Trinajstić information content (AvgIpc) is 2.29. The molecule has 0 saturated heterocycles. The monoisotopic (exact) mass is 168 g/mol. The van der Waals surface area contributed by atoms with E-state index in [1.165, 1.54) is 5.57 Å². The van der Waals surface area contributed by atoms with Crippen LogP contribution in [0.1, 0.15) is 46.5 Å². The molecule has 0 radical (unpaired) electrons. The minimum atomic E-state index is -0.394. The van der Waals surface area contributed by atoms with Crippen LogP contribution in [0.3, 0.4) is 0 Å². The first-order chi connectivity index (χ1) is 5.52. The van der Waals surface area contributed by atoms with Gasteiger partial charge in [-0.3, -0.25) is 0 Å². The van der Waals surface area contributed by atoms with Crippen LogP contribution in [0, 0.1) is 5.92 Å². The number of rotatable bonds is 3. The molecular weight excluding hydrogens is 148 g/mol. The molecule has 0 aromatic carbocycles. The molecule has 1 unspecified atom stereocenters. The van der Waals surface area contributed by atoms with Crippen LogP contribution < -0.4 is 0 Å². The van der Waals surface area contributed by atoms with E-state index in [-0.39, 0.29) is 0 Å². The lowest BCUT2D eigenvalue weighted by molar-refractivity contribution is 0.0379. The Morgan fingerprint density at radius 1 is 1.58 bits per heavy atom. The Kier molecular flexibility index (Phi) is 2.94. The van der Waals surface area contributed by atoms with Crippen LogP contribution in [0.4, 0.5) is 0 Å². The summed E-state index contributed by atoms with van der Waals surface area (Å²) in [5.74, 6) is 0.704. The summed E-state index contributed by atoms with van der Waals surface area (Å²) in [5, 5.41) is 10.1. The lowest BCUT2D eigenvalue weighted by Crippen LogP contribution is -2.25. The highest BCUT2D eigenvalue weighted by atomic mass is 16.3. The van der Waals surface area contributed by atoms with Gasteiger partial charge in [0.2, 0.25) is 0 Å². The Morgan fingerprint density at radius 2 is 2.25 bits per heavy atom. The Bertz CT molecular complexity index is 181. The predicted molar refractivity (Wildman–Crippen MR) is 52.0 cm³/mol. The summed E-state index contributed by atoms with van der Waals surface area (Å²) in [5.41, 5.74) is 0.954. The summed E-state index contributed by atoms with van der Waals surface area (Å²) in [6, 6.07) is 0. The molecule has 70 valence electrons. The largest absolute Gasteiger partial charge is 0.389 e. The lowest BCUT2D eigenvalue weighted by atomic mass is 9.91. The van der Waals surface area contributed by atoms with E-state index in [9.17, 15) is 5.11 Å². The van der Waals surface area contributed by atoms with Gasteiger partial charge in [-0.2, -0.15) is 0 Å². The molecule has 0 aromatic heterocycles. The summed E-state index contributed by atoms with van der Waals surface area (Å²) in [6.07, 6.45) is 6.02. The minimum absolute atomic E-state index is 0.394. The summed E-state index contributed by atoms with van der Waals surface area (Å²) in [4.78, 5) is 0. The molecule has 0 spiro atoms. The summed E-state index contributed by atoms with van der Waals surface area (Å²) < 4.78 is 0. The standard InChI is InChI=1S/C11H20O/c1-9(2)4-6-11(12)7-5-10(3)8-11/h5,9,12H,4,6-8H2,1-3H3. The van der Waals surface area contributed by atoms with E-state index < -0.39 is 5.60 Å². The number of hydrogen-bond acceptors (Lipinski definition) is 1. The first-order valence-electron chi connectivity index (χ1n) is 4.90. The van der Waals surface area contributed by atoms with E-state index in [0.29, 0.717) is 5.92 Å². The molecule has 1 heteroatoms. The van der Waals surface area contributed by atoms with E-state index in [0.717, 1.165) is 25.7 Å². The van der Waals surface area contributed by atoms with Crippen molar-refractivity contribution in [3.63, 3.8) is 0 Å². The zero-order valence-corrected chi connectivity index (χ0v) is 8.43. The van der Waals surface area contributed by atoms with Crippen molar-refractivity contribution in [3.8, 4) is 0 Å². The van der Waals surface area contributed by atoms with Crippen LogP contribution in [0.5, 0.6) is 0 Å². The summed E-state index contributed by atoms with van der Waals surface area (Å²) in [7, 11) is 0. The van der Waals surface area contributed by atoms with E-state index in [2.05, 4.69) is 26.8 Å². The Balaban J connectivity index is 2.33. The normalized spacial score (nSPS) is 29.6. The zero-order valence-electron chi connectivity index (χ0n) is 8.43. The second-order valence-corrected chi connectivity index (χ2v) is 4.59. The fourth-order valence-corrected chi connectivity index (χ4v) is 1.78. The minimum Gasteiger partial charge on any atom is -0.389 e. The molecule has 1 aliphatic rings. The third kappa shape index (κ3) is 2.63. The fraction of sp³-hybridized carbons (Fsp3) is 0.818. The topological polar surface area (TPSA) is 20.2 Å². The van der Waals surface area contributed by atoms with Gasteiger partial charge in [-0.05, 0) is 38.5 Å². The molecule has 0 saturated carbocycles. The van der Waals surface area contributed by atoms with Crippen LogP contribution in [0.2, 0.25) is 0 Å². The smallest absolute Gasteiger partial charge is 0.0719 e.